The number of imidazole rings is 1. The van der Waals surface area contributed by atoms with Crippen LogP contribution in [0.2, 0.25) is 0 Å². The standard InChI is InChI=1S/C12H15N7O2/c1-12(2,3)21-11(20)17-9-4-5-15-19-7-8(6-14-18-13)16-10(9)19/h4-5,7H,6H2,1-3H3,(H,17,20). The Kier molecular flexibility index (Phi) is 3.95. The van der Waals surface area contributed by atoms with Gasteiger partial charge in [0.25, 0.3) is 0 Å². The molecule has 9 heteroatoms. The van der Waals surface area contributed by atoms with E-state index in [1.165, 1.54) is 10.7 Å². The molecule has 0 fully saturated rings. The van der Waals surface area contributed by atoms with Crippen molar-refractivity contribution >= 4 is 17.4 Å². The van der Waals surface area contributed by atoms with Gasteiger partial charge in [-0.2, -0.15) is 5.10 Å². The number of carbonyl (C=O) groups is 1. The second kappa shape index (κ2) is 5.68. The highest BCUT2D eigenvalue weighted by Gasteiger charge is 2.17. The van der Waals surface area contributed by atoms with Gasteiger partial charge in [-0.15, -0.1) is 0 Å². The first-order valence-corrected chi connectivity index (χ1v) is 6.23. The summed E-state index contributed by atoms with van der Waals surface area (Å²) >= 11 is 0. The normalized spacial score (nSPS) is 11.0. The zero-order valence-corrected chi connectivity index (χ0v) is 11.9. The van der Waals surface area contributed by atoms with E-state index in [9.17, 15) is 4.79 Å². The van der Waals surface area contributed by atoms with Gasteiger partial charge in [0.1, 0.15) is 5.60 Å². The Bertz CT molecular complexity index is 710. The first-order valence-electron chi connectivity index (χ1n) is 6.23. The van der Waals surface area contributed by atoms with Crippen LogP contribution in [-0.2, 0) is 11.3 Å². The van der Waals surface area contributed by atoms with Gasteiger partial charge in [-0.3, -0.25) is 5.32 Å². The van der Waals surface area contributed by atoms with Crippen LogP contribution in [0.4, 0.5) is 10.5 Å². The Morgan fingerprint density at radius 3 is 3.00 bits per heavy atom. The Balaban J connectivity index is 2.25. The maximum atomic E-state index is 11.8. The fraction of sp³-hybridized carbons (Fsp3) is 0.417. The quantitative estimate of drug-likeness (QED) is 0.531. The molecule has 2 rings (SSSR count). The molecule has 21 heavy (non-hydrogen) atoms. The van der Waals surface area contributed by atoms with Gasteiger partial charge in [0, 0.05) is 4.91 Å². The summed E-state index contributed by atoms with van der Waals surface area (Å²) in [6, 6.07) is 1.61. The van der Waals surface area contributed by atoms with Crippen molar-refractivity contribution in [2.75, 3.05) is 5.32 Å². The Morgan fingerprint density at radius 2 is 2.33 bits per heavy atom. The molecule has 0 unspecified atom stereocenters. The molecular formula is C12H15N7O2. The van der Waals surface area contributed by atoms with E-state index in [0.29, 0.717) is 17.0 Å². The second-order valence-electron chi connectivity index (χ2n) is 5.26. The number of fused-ring (bicyclic) bond motifs is 1. The van der Waals surface area contributed by atoms with Crippen LogP contribution in [0.1, 0.15) is 26.5 Å². The minimum Gasteiger partial charge on any atom is -0.444 e. The predicted molar refractivity (Wildman–Crippen MR) is 75.7 cm³/mol. The van der Waals surface area contributed by atoms with Gasteiger partial charge in [0.05, 0.1) is 30.3 Å². The molecule has 0 atom stereocenters. The summed E-state index contributed by atoms with van der Waals surface area (Å²) < 4.78 is 6.68. The number of hydrogen-bond donors (Lipinski definition) is 1. The van der Waals surface area contributed by atoms with Crippen LogP contribution in [0.15, 0.2) is 23.6 Å². The molecule has 0 saturated carbocycles. The number of aromatic nitrogens is 3. The molecule has 0 aliphatic rings. The lowest BCUT2D eigenvalue weighted by Crippen LogP contribution is -2.27. The maximum Gasteiger partial charge on any atom is 0.412 e. The third kappa shape index (κ3) is 3.83. The van der Waals surface area contributed by atoms with E-state index in [1.54, 1.807) is 33.0 Å². The fourth-order valence-electron chi connectivity index (χ4n) is 1.64. The Hall–Kier alpha value is -2.80. The molecule has 0 aliphatic carbocycles. The molecular weight excluding hydrogens is 274 g/mol. The van der Waals surface area contributed by atoms with E-state index in [-0.39, 0.29) is 6.54 Å². The lowest BCUT2D eigenvalue weighted by molar-refractivity contribution is 0.0636. The number of nitrogens with zero attached hydrogens (tertiary/aromatic N) is 6. The van der Waals surface area contributed by atoms with Crippen LogP contribution >= 0.6 is 0 Å². The van der Waals surface area contributed by atoms with Crippen LogP contribution in [0.5, 0.6) is 0 Å². The van der Waals surface area contributed by atoms with Crippen LogP contribution in [0, 0.1) is 0 Å². The topological polar surface area (TPSA) is 117 Å². The van der Waals surface area contributed by atoms with Gasteiger partial charge in [0.2, 0.25) is 0 Å². The first-order chi connectivity index (χ1) is 9.89. The molecule has 0 spiro atoms. The van der Waals surface area contributed by atoms with Crippen molar-refractivity contribution in [1.29, 1.82) is 0 Å². The smallest absolute Gasteiger partial charge is 0.412 e. The molecule has 2 aromatic rings. The van der Waals surface area contributed by atoms with Crippen LogP contribution < -0.4 is 5.32 Å². The molecule has 2 heterocycles. The first kappa shape index (κ1) is 14.6. The van der Waals surface area contributed by atoms with Crippen molar-refractivity contribution in [1.82, 2.24) is 14.6 Å². The highest BCUT2D eigenvalue weighted by Crippen LogP contribution is 2.17. The van der Waals surface area contributed by atoms with Gasteiger partial charge in [0.15, 0.2) is 5.65 Å². The minimum atomic E-state index is -0.588. The van der Waals surface area contributed by atoms with E-state index in [2.05, 4.69) is 25.4 Å². The average molecular weight is 289 g/mol. The Morgan fingerprint density at radius 1 is 1.57 bits per heavy atom. The van der Waals surface area contributed by atoms with Crippen LogP contribution in [-0.4, -0.2) is 26.3 Å². The maximum absolute atomic E-state index is 11.8. The molecule has 0 aromatic carbocycles. The summed E-state index contributed by atoms with van der Waals surface area (Å²) in [5, 5.41) is 10.1. The van der Waals surface area contributed by atoms with E-state index >= 15 is 0 Å². The largest absolute Gasteiger partial charge is 0.444 e. The van der Waals surface area contributed by atoms with Crippen molar-refractivity contribution < 1.29 is 9.53 Å². The number of azide groups is 1. The number of hydrogen-bond acceptors (Lipinski definition) is 5. The average Bonchev–Trinajstić information content (AvgIpc) is 2.78. The van der Waals surface area contributed by atoms with E-state index in [4.69, 9.17) is 10.3 Å². The van der Waals surface area contributed by atoms with E-state index in [0.717, 1.165) is 0 Å². The van der Waals surface area contributed by atoms with E-state index in [1.807, 2.05) is 0 Å². The lowest BCUT2D eigenvalue weighted by Gasteiger charge is -2.19. The van der Waals surface area contributed by atoms with Gasteiger partial charge in [-0.05, 0) is 32.4 Å². The summed E-state index contributed by atoms with van der Waals surface area (Å²) in [4.78, 5) is 18.7. The van der Waals surface area contributed by atoms with Crippen molar-refractivity contribution in [3.63, 3.8) is 0 Å². The van der Waals surface area contributed by atoms with Crippen LogP contribution in [0.3, 0.4) is 0 Å². The van der Waals surface area contributed by atoms with Gasteiger partial charge in [-0.25, -0.2) is 14.3 Å². The fourth-order valence-corrected chi connectivity index (χ4v) is 1.64. The molecule has 0 bridgehead atoms. The van der Waals surface area contributed by atoms with E-state index < -0.39 is 11.7 Å². The van der Waals surface area contributed by atoms with Crippen molar-refractivity contribution in [3.05, 3.63) is 34.6 Å². The molecule has 1 N–H and O–H groups in total. The highest BCUT2D eigenvalue weighted by molar-refractivity contribution is 5.89. The number of amides is 1. The summed E-state index contributed by atoms with van der Waals surface area (Å²) in [5.74, 6) is 0. The summed E-state index contributed by atoms with van der Waals surface area (Å²) in [7, 11) is 0. The van der Waals surface area contributed by atoms with Gasteiger partial charge in [-0.1, -0.05) is 5.11 Å². The minimum absolute atomic E-state index is 0.117. The lowest BCUT2D eigenvalue weighted by atomic mass is 10.2. The van der Waals surface area contributed by atoms with Crippen molar-refractivity contribution in [3.8, 4) is 0 Å². The zero-order valence-electron chi connectivity index (χ0n) is 11.9. The summed E-state index contributed by atoms with van der Waals surface area (Å²) in [6.45, 7) is 5.46. The monoisotopic (exact) mass is 289 g/mol. The summed E-state index contributed by atoms with van der Waals surface area (Å²) in [5.41, 5.74) is 9.20. The number of nitrogens with one attached hydrogen (secondary N) is 1. The summed E-state index contributed by atoms with van der Waals surface area (Å²) in [6.07, 6.45) is 2.58. The number of carbonyl (C=O) groups excluding carboxylic acids is 1. The molecule has 0 radical (unpaired) electrons. The van der Waals surface area contributed by atoms with Crippen molar-refractivity contribution in [2.24, 2.45) is 5.11 Å². The predicted octanol–water partition coefficient (Wildman–Crippen LogP) is 2.89. The third-order valence-corrected chi connectivity index (χ3v) is 2.34. The molecule has 0 saturated heterocycles. The van der Waals surface area contributed by atoms with Gasteiger partial charge < -0.3 is 4.74 Å². The molecule has 110 valence electrons. The molecule has 0 aliphatic heterocycles. The Labute approximate surface area is 120 Å². The number of ether oxygens (including phenoxy) is 1. The third-order valence-electron chi connectivity index (χ3n) is 2.34. The van der Waals surface area contributed by atoms with Crippen LogP contribution in [0.25, 0.3) is 16.1 Å². The number of rotatable bonds is 3. The van der Waals surface area contributed by atoms with Crippen molar-refractivity contribution in [2.45, 2.75) is 32.9 Å². The molecule has 2 aromatic heterocycles. The van der Waals surface area contributed by atoms with Gasteiger partial charge >= 0.3 is 6.09 Å². The second-order valence-corrected chi connectivity index (χ2v) is 5.26. The number of anilines is 1. The highest BCUT2D eigenvalue weighted by atomic mass is 16.6. The molecule has 9 nitrogen and oxygen atoms in total. The SMILES string of the molecule is CC(C)(C)OC(=O)Nc1ccnn2cc(CN=[N+]=[N-])nc12. The zero-order chi connectivity index (χ0) is 15.5. The molecule has 1 amide bonds.